The molecule has 8 N–H and O–H groups in total. The van der Waals surface area contributed by atoms with E-state index >= 15 is 0 Å². The number of hydrogen-bond donors (Lipinski definition) is 8. The van der Waals surface area contributed by atoms with Crippen LogP contribution in [-0.2, 0) is 55.0 Å². The molecule has 4 aromatic carbocycles. The molecule has 0 saturated carbocycles. The SMILES string of the molecule is O=C(NCCCC[C@H](NC(=O)OCc1ccccc1)C(=O)NCCCNCCCCNCCCNC(=O)[C@H](CCCCNC(=O)OCc1ccccc1)NC(=O)OCc1ccccc1)OCc1ccccc1. The van der Waals surface area contributed by atoms with Crippen LogP contribution in [0.5, 0.6) is 0 Å². The Morgan fingerprint density at radius 3 is 0.931 bits per heavy atom. The van der Waals surface area contributed by atoms with Crippen molar-refractivity contribution in [2.24, 2.45) is 0 Å². The van der Waals surface area contributed by atoms with E-state index < -0.39 is 36.5 Å². The first kappa shape index (κ1) is 57.4. The van der Waals surface area contributed by atoms with Gasteiger partial charge < -0.3 is 61.5 Å². The number of amides is 6. The van der Waals surface area contributed by atoms with Crippen molar-refractivity contribution >= 4 is 36.2 Å². The normalized spacial score (nSPS) is 11.5. The molecule has 0 radical (unpaired) electrons. The Kier molecular flexibility index (Phi) is 29.3. The predicted molar refractivity (Wildman–Crippen MR) is 274 cm³/mol. The lowest BCUT2D eigenvalue weighted by Gasteiger charge is -2.19. The highest BCUT2D eigenvalue weighted by molar-refractivity contribution is 5.86. The van der Waals surface area contributed by atoms with Crippen LogP contribution in [-0.4, -0.2) is 101 Å². The van der Waals surface area contributed by atoms with Crippen LogP contribution < -0.4 is 42.5 Å². The topological polar surface area (TPSA) is 236 Å². The van der Waals surface area contributed by atoms with Gasteiger partial charge in [0.05, 0.1) is 0 Å². The van der Waals surface area contributed by atoms with Gasteiger partial charge in [0.15, 0.2) is 0 Å². The highest BCUT2D eigenvalue weighted by atomic mass is 16.6. The van der Waals surface area contributed by atoms with Gasteiger partial charge in [-0.3, -0.25) is 9.59 Å². The van der Waals surface area contributed by atoms with E-state index in [-0.39, 0.29) is 38.2 Å². The van der Waals surface area contributed by atoms with Crippen molar-refractivity contribution in [3.05, 3.63) is 144 Å². The van der Waals surface area contributed by atoms with E-state index in [1.807, 2.05) is 121 Å². The molecule has 18 nitrogen and oxygen atoms in total. The fraction of sp³-hybridized carbons (Fsp3) is 0.444. The second-order valence-electron chi connectivity index (χ2n) is 17.0. The number of carbonyl (C=O) groups excluding carboxylic acids is 6. The van der Waals surface area contributed by atoms with E-state index in [9.17, 15) is 28.8 Å². The van der Waals surface area contributed by atoms with E-state index in [4.69, 9.17) is 18.9 Å². The molecule has 0 aliphatic carbocycles. The molecule has 0 saturated heterocycles. The molecule has 0 bridgehead atoms. The molecule has 0 aromatic heterocycles. The molecule has 0 fully saturated rings. The second kappa shape index (κ2) is 36.7. The minimum Gasteiger partial charge on any atom is -0.445 e. The summed E-state index contributed by atoms with van der Waals surface area (Å²) in [5.41, 5.74) is 3.44. The van der Waals surface area contributed by atoms with Crippen molar-refractivity contribution in [3.63, 3.8) is 0 Å². The maximum absolute atomic E-state index is 13.2. The molecule has 390 valence electrons. The molecule has 0 aliphatic rings. The van der Waals surface area contributed by atoms with Crippen LogP contribution in [0.1, 0.15) is 86.5 Å². The Hall–Kier alpha value is -7.18. The highest BCUT2D eigenvalue weighted by Gasteiger charge is 2.22. The van der Waals surface area contributed by atoms with Crippen molar-refractivity contribution in [2.45, 2.75) is 103 Å². The van der Waals surface area contributed by atoms with Gasteiger partial charge >= 0.3 is 24.4 Å². The smallest absolute Gasteiger partial charge is 0.408 e. The maximum Gasteiger partial charge on any atom is 0.408 e. The number of nitrogens with one attached hydrogen (secondary N) is 8. The number of hydrogen-bond acceptors (Lipinski definition) is 12. The second-order valence-corrected chi connectivity index (χ2v) is 17.0. The zero-order chi connectivity index (χ0) is 51.1. The molecule has 2 atom stereocenters. The molecule has 0 heterocycles. The average Bonchev–Trinajstić information content (AvgIpc) is 3.40. The first-order valence-electron chi connectivity index (χ1n) is 25.1. The number of benzene rings is 4. The minimum atomic E-state index is -0.805. The number of unbranched alkanes of at least 4 members (excludes halogenated alkanes) is 3. The van der Waals surface area contributed by atoms with Crippen molar-refractivity contribution in [1.82, 2.24) is 42.5 Å². The Labute approximate surface area is 423 Å². The van der Waals surface area contributed by atoms with E-state index in [1.165, 1.54) is 0 Å². The number of alkyl carbamates (subject to hydrolysis) is 4. The Bertz CT molecular complexity index is 1970. The molecule has 18 heteroatoms. The Morgan fingerprint density at radius 1 is 0.319 bits per heavy atom. The summed E-state index contributed by atoms with van der Waals surface area (Å²) in [6, 6.07) is 35.8. The molecule has 0 unspecified atom stereocenters. The monoisotopic (exact) mass is 995 g/mol. The van der Waals surface area contributed by atoms with Crippen molar-refractivity contribution in [2.75, 3.05) is 52.4 Å². The van der Waals surface area contributed by atoms with E-state index in [0.29, 0.717) is 90.6 Å². The van der Waals surface area contributed by atoms with Gasteiger partial charge in [-0.15, -0.1) is 0 Å². The van der Waals surface area contributed by atoms with Gasteiger partial charge in [-0.1, -0.05) is 121 Å². The highest BCUT2D eigenvalue weighted by Crippen LogP contribution is 2.08. The van der Waals surface area contributed by atoms with Gasteiger partial charge in [-0.2, -0.15) is 0 Å². The lowest BCUT2D eigenvalue weighted by Crippen LogP contribution is -2.47. The lowest BCUT2D eigenvalue weighted by atomic mass is 10.1. The fourth-order valence-electron chi connectivity index (χ4n) is 7.07. The van der Waals surface area contributed by atoms with Crippen molar-refractivity contribution < 1.29 is 47.7 Å². The molecule has 6 amide bonds. The van der Waals surface area contributed by atoms with Crippen molar-refractivity contribution in [3.8, 4) is 0 Å². The van der Waals surface area contributed by atoms with Gasteiger partial charge in [0, 0.05) is 26.2 Å². The zero-order valence-corrected chi connectivity index (χ0v) is 41.3. The summed E-state index contributed by atoms with van der Waals surface area (Å²) in [6.07, 6.45) is 3.90. The summed E-state index contributed by atoms with van der Waals surface area (Å²) in [4.78, 5) is 75.9. The largest absolute Gasteiger partial charge is 0.445 e. The third-order valence-electron chi connectivity index (χ3n) is 11.1. The summed E-state index contributed by atoms with van der Waals surface area (Å²) in [6.45, 7) is 5.12. The van der Waals surface area contributed by atoms with Crippen LogP contribution in [0.4, 0.5) is 19.2 Å². The van der Waals surface area contributed by atoms with Crippen LogP contribution in [0.15, 0.2) is 121 Å². The molecule has 4 rings (SSSR count). The van der Waals surface area contributed by atoms with Gasteiger partial charge in [-0.05, 0) is 113 Å². The molecular weight excluding hydrogens is 921 g/mol. The number of rotatable bonds is 35. The summed E-state index contributed by atoms with van der Waals surface area (Å²) < 4.78 is 21.3. The third-order valence-corrected chi connectivity index (χ3v) is 11.1. The fourth-order valence-corrected chi connectivity index (χ4v) is 7.07. The van der Waals surface area contributed by atoms with Crippen LogP contribution in [0, 0.1) is 0 Å². The first-order chi connectivity index (χ1) is 35.2. The molecule has 72 heavy (non-hydrogen) atoms. The Balaban J connectivity index is 1.04. The molecule has 0 spiro atoms. The summed E-state index contributed by atoms with van der Waals surface area (Å²) >= 11 is 0. The summed E-state index contributed by atoms with van der Waals surface area (Å²) in [5, 5.41) is 23.5. The van der Waals surface area contributed by atoms with Gasteiger partial charge in [0.25, 0.3) is 0 Å². The van der Waals surface area contributed by atoms with Gasteiger partial charge in [-0.25, -0.2) is 19.2 Å². The lowest BCUT2D eigenvalue weighted by molar-refractivity contribution is -0.124. The van der Waals surface area contributed by atoms with Gasteiger partial charge in [0.1, 0.15) is 38.5 Å². The van der Waals surface area contributed by atoms with Crippen LogP contribution in [0.2, 0.25) is 0 Å². The minimum absolute atomic E-state index is 0.0784. The summed E-state index contributed by atoms with van der Waals surface area (Å²) in [7, 11) is 0. The quantitative estimate of drug-likeness (QED) is 0.0177. The maximum atomic E-state index is 13.2. The number of ether oxygens (including phenoxy) is 4. The first-order valence-corrected chi connectivity index (χ1v) is 25.1. The molecule has 4 aromatic rings. The van der Waals surface area contributed by atoms with Crippen LogP contribution in [0.25, 0.3) is 0 Å². The van der Waals surface area contributed by atoms with Crippen LogP contribution >= 0.6 is 0 Å². The number of carbonyl (C=O) groups is 6. The zero-order valence-electron chi connectivity index (χ0n) is 41.3. The Morgan fingerprint density at radius 2 is 0.597 bits per heavy atom. The van der Waals surface area contributed by atoms with Gasteiger partial charge in [0.2, 0.25) is 11.8 Å². The molecular formula is C54H74N8O10. The predicted octanol–water partition coefficient (Wildman–Crippen LogP) is 6.74. The molecule has 0 aliphatic heterocycles. The van der Waals surface area contributed by atoms with Crippen molar-refractivity contribution in [1.29, 1.82) is 0 Å². The average molecular weight is 995 g/mol. The standard InChI is InChI=1S/C54H74N8O10/c63-49(47(61-53(67)71-41-45-25-9-3-10-26-45)29-13-15-35-59-51(65)69-39-43-21-5-1-6-22-43)57-37-19-33-55-31-17-18-32-56-34-20-38-58-50(64)48(62-54(68)72-42-46-27-11-4-12-28-46)30-14-16-36-60-52(66)70-40-44-23-7-2-8-24-44/h1-12,21-28,47-48,55-56H,13-20,29-42H2,(H,57,63)(H,58,64)(H,59,65)(H,60,66)(H,61,67)(H,62,68)/t47-,48-/m0/s1. The van der Waals surface area contributed by atoms with E-state index in [2.05, 4.69) is 42.5 Å². The third kappa shape index (κ3) is 27.3. The van der Waals surface area contributed by atoms with Crippen LogP contribution in [0.3, 0.4) is 0 Å². The summed E-state index contributed by atoms with van der Waals surface area (Å²) in [5.74, 6) is -0.604. The van der Waals surface area contributed by atoms with E-state index in [0.717, 1.165) is 48.2 Å². The van der Waals surface area contributed by atoms with E-state index in [1.54, 1.807) is 0 Å².